The first-order valence-electron chi connectivity index (χ1n) is 5.96. The van der Waals surface area contributed by atoms with E-state index >= 15 is 0 Å². The molecule has 0 fully saturated rings. The minimum absolute atomic E-state index is 0.234. The standard InChI is InChI=1S/C14H20O/c1-10-4-3-5-13-7-6-12(8-11(2)15)9-14(10)13/h6-7,9-11,15H,3-5,8H2,1-2H3. The number of aryl methyl sites for hydroxylation is 1. The van der Waals surface area contributed by atoms with E-state index in [2.05, 4.69) is 25.1 Å². The van der Waals surface area contributed by atoms with E-state index in [0.29, 0.717) is 5.92 Å². The van der Waals surface area contributed by atoms with E-state index in [1.54, 1.807) is 0 Å². The minimum atomic E-state index is -0.234. The Morgan fingerprint density at radius 3 is 3.00 bits per heavy atom. The quantitative estimate of drug-likeness (QED) is 0.785. The van der Waals surface area contributed by atoms with Gasteiger partial charge in [-0.15, -0.1) is 0 Å². The maximum Gasteiger partial charge on any atom is 0.0552 e. The topological polar surface area (TPSA) is 20.2 Å². The van der Waals surface area contributed by atoms with Crippen molar-refractivity contribution in [3.8, 4) is 0 Å². The van der Waals surface area contributed by atoms with Crippen molar-refractivity contribution in [2.24, 2.45) is 0 Å². The van der Waals surface area contributed by atoms with Gasteiger partial charge in [0.25, 0.3) is 0 Å². The number of fused-ring (bicyclic) bond motifs is 1. The SMILES string of the molecule is CC(O)Cc1ccc2c(c1)C(C)CCC2. The third kappa shape index (κ3) is 2.40. The van der Waals surface area contributed by atoms with E-state index in [0.717, 1.165) is 6.42 Å². The highest BCUT2D eigenvalue weighted by molar-refractivity contribution is 5.36. The summed E-state index contributed by atoms with van der Waals surface area (Å²) in [6.07, 6.45) is 4.41. The molecule has 0 saturated heterocycles. The van der Waals surface area contributed by atoms with Crippen LogP contribution in [0.2, 0.25) is 0 Å². The largest absolute Gasteiger partial charge is 0.393 e. The Morgan fingerprint density at radius 2 is 2.27 bits per heavy atom. The highest BCUT2D eigenvalue weighted by Crippen LogP contribution is 2.31. The minimum Gasteiger partial charge on any atom is -0.393 e. The molecule has 0 bridgehead atoms. The van der Waals surface area contributed by atoms with Crippen molar-refractivity contribution >= 4 is 0 Å². The number of aliphatic hydroxyl groups is 1. The Bertz CT molecular complexity index is 341. The fraction of sp³-hybridized carbons (Fsp3) is 0.571. The number of rotatable bonds is 2. The molecule has 1 aromatic carbocycles. The molecule has 0 aromatic heterocycles. The van der Waals surface area contributed by atoms with Crippen LogP contribution in [-0.4, -0.2) is 11.2 Å². The summed E-state index contributed by atoms with van der Waals surface area (Å²) in [5.74, 6) is 0.697. The Hall–Kier alpha value is -0.820. The van der Waals surface area contributed by atoms with Crippen LogP contribution in [0.3, 0.4) is 0 Å². The Morgan fingerprint density at radius 1 is 1.47 bits per heavy atom. The average molecular weight is 204 g/mol. The van der Waals surface area contributed by atoms with Gasteiger partial charge in [-0.3, -0.25) is 0 Å². The van der Waals surface area contributed by atoms with E-state index in [9.17, 15) is 5.11 Å². The summed E-state index contributed by atoms with van der Waals surface area (Å²) in [7, 11) is 0. The van der Waals surface area contributed by atoms with Gasteiger partial charge in [-0.2, -0.15) is 0 Å². The van der Waals surface area contributed by atoms with Crippen molar-refractivity contribution in [1.29, 1.82) is 0 Å². The van der Waals surface area contributed by atoms with E-state index in [4.69, 9.17) is 0 Å². The first-order chi connectivity index (χ1) is 7.16. The average Bonchev–Trinajstić information content (AvgIpc) is 2.18. The number of benzene rings is 1. The van der Waals surface area contributed by atoms with Gasteiger partial charge in [-0.05, 0) is 55.2 Å². The lowest BCUT2D eigenvalue weighted by molar-refractivity contribution is 0.195. The zero-order valence-electron chi connectivity index (χ0n) is 9.66. The van der Waals surface area contributed by atoms with Crippen LogP contribution >= 0.6 is 0 Å². The summed E-state index contributed by atoms with van der Waals surface area (Å²) < 4.78 is 0. The molecule has 1 aliphatic carbocycles. The third-order valence-corrected chi connectivity index (χ3v) is 3.36. The fourth-order valence-corrected chi connectivity index (χ4v) is 2.55. The normalized spacial score (nSPS) is 22.2. The van der Waals surface area contributed by atoms with Crippen LogP contribution in [0.4, 0.5) is 0 Å². The third-order valence-electron chi connectivity index (χ3n) is 3.36. The summed E-state index contributed by atoms with van der Waals surface area (Å²) in [6, 6.07) is 6.72. The second kappa shape index (κ2) is 4.36. The van der Waals surface area contributed by atoms with E-state index in [1.165, 1.54) is 36.0 Å². The van der Waals surface area contributed by atoms with Crippen molar-refractivity contribution in [3.05, 3.63) is 34.9 Å². The van der Waals surface area contributed by atoms with E-state index in [1.807, 2.05) is 6.92 Å². The molecule has 1 N–H and O–H groups in total. The molecular formula is C14H20O. The van der Waals surface area contributed by atoms with Crippen LogP contribution < -0.4 is 0 Å². The van der Waals surface area contributed by atoms with Gasteiger partial charge >= 0.3 is 0 Å². The van der Waals surface area contributed by atoms with Gasteiger partial charge in [0, 0.05) is 0 Å². The van der Waals surface area contributed by atoms with Gasteiger partial charge in [0.1, 0.15) is 0 Å². The van der Waals surface area contributed by atoms with Crippen LogP contribution in [0, 0.1) is 0 Å². The van der Waals surface area contributed by atoms with Gasteiger partial charge in [0.05, 0.1) is 6.10 Å². The summed E-state index contributed by atoms with van der Waals surface area (Å²) in [4.78, 5) is 0. The highest BCUT2D eigenvalue weighted by Gasteiger charge is 2.16. The molecule has 0 spiro atoms. The highest BCUT2D eigenvalue weighted by atomic mass is 16.3. The van der Waals surface area contributed by atoms with Crippen LogP contribution in [0.5, 0.6) is 0 Å². The van der Waals surface area contributed by atoms with E-state index in [-0.39, 0.29) is 6.10 Å². The van der Waals surface area contributed by atoms with Crippen molar-refractivity contribution in [2.75, 3.05) is 0 Å². The molecule has 2 unspecified atom stereocenters. The van der Waals surface area contributed by atoms with Crippen molar-refractivity contribution in [3.63, 3.8) is 0 Å². The number of hydrogen-bond acceptors (Lipinski definition) is 1. The van der Waals surface area contributed by atoms with Crippen molar-refractivity contribution in [2.45, 2.75) is 51.6 Å². The van der Waals surface area contributed by atoms with Crippen LogP contribution in [0.15, 0.2) is 18.2 Å². The van der Waals surface area contributed by atoms with Gasteiger partial charge in [0.15, 0.2) is 0 Å². The van der Waals surface area contributed by atoms with Crippen molar-refractivity contribution in [1.82, 2.24) is 0 Å². The molecule has 82 valence electrons. The molecule has 0 heterocycles. The molecular weight excluding hydrogens is 184 g/mol. The Labute approximate surface area is 92.1 Å². The van der Waals surface area contributed by atoms with Gasteiger partial charge < -0.3 is 5.11 Å². The maximum absolute atomic E-state index is 9.38. The Balaban J connectivity index is 2.27. The Kier molecular flexibility index (Phi) is 3.11. The predicted molar refractivity (Wildman–Crippen MR) is 63.2 cm³/mol. The van der Waals surface area contributed by atoms with Gasteiger partial charge in [-0.25, -0.2) is 0 Å². The molecule has 2 atom stereocenters. The van der Waals surface area contributed by atoms with E-state index < -0.39 is 0 Å². The van der Waals surface area contributed by atoms with Gasteiger partial charge in [0.2, 0.25) is 0 Å². The lowest BCUT2D eigenvalue weighted by Gasteiger charge is -2.23. The molecule has 1 aromatic rings. The zero-order valence-corrected chi connectivity index (χ0v) is 9.66. The molecule has 0 aliphatic heterocycles. The summed E-state index contributed by atoms with van der Waals surface area (Å²) in [6.45, 7) is 4.16. The second-order valence-electron chi connectivity index (χ2n) is 4.88. The molecule has 0 radical (unpaired) electrons. The maximum atomic E-state index is 9.38. The summed E-state index contributed by atoms with van der Waals surface area (Å²) in [5, 5.41) is 9.38. The van der Waals surface area contributed by atoms with Crippen molar-refractivity contribution < 1.29 is 5.11 Å². The molecule has 0 saturated carbocycles. The predicted octanol–water partition coefficient (Wildman–Crippen LogP) is 3.05. The van der Waals surface area contributed by atoms with Gasteiger partial charge in [-0.1, -0.05) is 25.1 Å². The molecule has 1 heteroatoms. The number of hydrogen-bond donors (Lipinski definition) is 1. The monoisotopic (exact) mass is 204 g/mol. The molecule has 15 heavy (non-hydrogen) atoms. The van der Waals surface area contributed by atoms with Crippen LogP contribution in [0.1, 0.15) is 49.3 Å². The lowest BCUT2D eigenvalue weighted by Crippen LogP contribution is -2.09. The summed E-state index contributed by atoms with van der Waals surface area (Å²) in [5.41, 5.74) is 4.31. The molecule has 2 rings (SSSR count). The van der Waals surface area contributed by atoms with Crippen LogP contribution in [0.25, 0.3) is 0 Å². The molecule has 1 aliphatic rings. The molecule has 1 nitrogen and oxygen atoms in total. The first-order valence-corrected chi connectivity index (χ1v) is 5.96. The van der Waals surface area contributed by atoms with Crippen LogP contribution in [-0.2, 0) is 12.8 Å². The lowest BCUT2D eigenvalue weighted by atomic mass is 9.83. The summed E-state index contributed by atoms with van der Waals surface area (Å²) >= 11 is 0. The number of aliphatic hydroxyl groups excluding tert-OH is 1. The second-order valence-corrected chi connectivity index (χ2v) is 4.88. The molecule has 0 amide bonds. The fourth-order valence-electron chi connectivity index (χ4n) is 2.55. The zero-order chi connectivity index (χ0) is 10.8. The first kappa shape index (κ1) is 10.7. The smallest absolute Gasteiger partial charge is 0.0552 e.